The first-order valence-corrected chi connectivity index (χ1v) is 10.5. The predicted octanol–water partition coefficient (Wildman–Crippen LogP) is 4.74. The average molecular weight is 400 g/mol. The molecule has 4 nitrogen and oxygen atoms in total. The Morgan fingerprint density at radius 1 is 1.28 bits per heavy atom. The Morgan fingerprint density at radius 2 is 2.00 bits per heavy atom. The normalized spacial score (nSPS) is 45.5. The van der Waals surface area contributed by atoms with Crippen LogP contribution < -0.4 is 0 Å². The molecule has 0 N–H and O–H groups in total. The van der Waals surface area contributed by atoms with Crippen LogP contribution in [0, 0.1) is 28.6 Å². The highest BCUT2D eigenvalue weighted by molar-refractivity contribution is 5.93. The summed E-state index contributed by atoms with van der Waals surface area (Å²) in [5.74, 6) is -1.11. The number of rotatable bonds is 2. The molecule has 0 heterocycles. The van der Waals surface area contributed by atoms with Crippen LogP contribution in [-0.2, 0) is 19.1 Å². The lowest BCUT2D eigenvalue weighted by atomic mass is 9.47. The summed E-state index contributed by atoms with van der Waals surface area (Å²) in [7, 11) is 0. The molecule has 0 radical (unpaired) electrons. The summed E-state index contributed by atoms with van der Waals surface area (Å²) in [4.78, 5) is 37.7. The van der Waals surface area contributed by atoms with E-state index < -0.39 is 23.8 Å². The molecule has 4 aliphatic carbocycles. The SMILES string of the molecule is [2H]C([2H])([2H])C(=O)O[C@]1(C(C)=O)C(=C)CC2C3C=C(C)C4=CC(=O)CCC4(C)C3CCC21C. The average Bonchev–Trinajstić information content (AvgIpc) is 2.91. The third-order valence-electron chi connectivity index (χ3n) is 8.73. The van der Waals surface area contributed by atoms with E-state index in [4.69, 9.17) is 8.85 Å². The topological polar surface area (TPSA) is 60.4 Å². The maximum atomic E-state index is 13.1. The number of fused-ring (bicyclic) bond motifs is 5. The molecule has 0 aromatic carbocycles. The largest absolute Gasteiger partial charge is 0.446 e. The van der Waals surface area contributed by atoms with Crippen LogP contribution in [0.2, 0.25) is 0 Å². The number of hydrogen-bond acceptors (Lipinski definition) is 4. The third-order valence-corrected chi connectivity index (χ3v) is 8.73. The molecular weight excluding hydrogens is 364 g/mol. The fourth-order valence-electron chi connectivity index (χ4n) is 7.42. The fraction of sp³-hybridized carbons (Fsp3) is 0.640. The van der Waals surface area contributed by atoms with Crippen molar-refractivity contribution < 1.29 is 23.2 Å². The van der Waals surface area contributed by atoms with Crippen LogP contribution in [0.15, 0.2) is 35.5 Å². The van der Waals surface area contributed by atoms with Crippen LogP contribution in [0.1, 0.15) is 70.8 Å². The van der Waals surface area contributed by atoms with Gasteiger partial charge in [-0.1, -0.05) is 32.1 Å². The van der Waals surface area contributed by atoms with Gasteiger partial charge in [0.05, 0.1) is 0 Å². The zero-order chi connectivity index (χ0) is 23.9. The number of Topliss-reactive ketones (excluding diaryl/α,β-unsaturated/α-hetero) is 1. The molecule has 2 fully saturated rings. The number of carbonyl (C=O) groups is 3. The van der Waals surface area contributed by atoms with Gasteiger partial charge in [-0.15, -0.1) is 0 Å². The summed E-state index contributed by atoms with van der Waals surface area (Å²) in [5.41, 5.74) is 0.231. The molecule has 0 bridgehead atoms. The number of hydrogen-bond donors (Lipinski definition) is 0. The van der Waals surface area contributed by atoms with Gasteiger partial charge in [0.2, 0.25) is 0 Å². The first-order valence-electron chi connectivity index (χ1n) is 12.0. The highest BCUT2D eigenvalue weighted by Crippen LogP contribution is 2.68. The number of allylic oxidation sites excluding steroid dienone is 4. The molecule has 5 unspecified atom stereocenters. The summed E-state index contributed by atoms with van der Waals surface area (Å²) in [5, 5.41) is 0. The molecule has 0 amide bonds. The van der Waals surface area contributed by atoms with E-state index in [-0.39, 0.29) is 28.8 Å². The lowest BCUT2D eigenvalue weighted by Gasteiger charge is -2.57. The Labute approximate surface area is 177 Å². The van der Waals surface area contributed by atoms with Gasteiger partial charge in [0.25, 0.3) is 0 Å². The Kier molecular flexibility index (Phi) is 3.63. The van der Waals surface area contributed by atoms with Crippen molar-refractivity contribution in [1.29, 1.82) is 0 Å². The first-order chi connectivity index (χ1) is 14.7. The van der Waals surface area contributed by atoms with Crippen LogP contribution in [0.4, 0.5) is 0 Å². The minimum absolute atomic E-state index is 0.00648. The van der Waals surface area contributed by atoms with Crippen molar-refractivity contribution in [2.24, 2.45) is 28.6 Å². The highest BCUT2D eigenvalue weighted by atomic mass is 16.6. The third kappa shape index (κ3) is 2.47. The van der Waals surface area contributed by atoms with Gasteiger partial charge in [0.1, 0.15) is 0 Å². The monoisotopic (exact) mass is 399 g/mol. The summed E-state index contributed by atoms with van der Waals surface area (Å²) >= 11 is 0. The van der Waals surface area contributed by atoms with E-state index in [0.717, 1.165) is 24.0 Å². The van der Waals surface area contributed by atoms with Crippen molar-refractivity contribution >= 4 is 17.5 Å². The van der Waals surface area contributed by atoms with Crippen molar-refractivity contribution in [2.45, 2.75) is 72.3 Å². The van der Waals surface area contributed by atoms with Gasteiger partial charge in [0.15, 0.2) is 17.2 Å². The summed E-state index contributed by atoms with van der Waals surface area (Å²) in [6.07, 6.45) is 7.31. The van der Waals surface area contributed by atoms with E-state index >= 15 is 0 Å². The van der Waals surface area contributed by atoms with Crippen LogP contribution >= 0.6 is 0 Å². The predicted molar refractivity (Wildman–Crippen MR) is 111 cm³/mol. The zero-order valence-corrected chi connectivity index (χ0v) is 17.8. The van der Waals surface area contributed by atoms with E-state index in [2.05, 4.69) is 19.6 Å². The second kappa shape index (κ2) is 6.26. The Balaban J connectivity index is 1.81. The Morgan fingerprint density at radius 3 is 2.66 bits per heavy atom. The molecule has 29 heavy (non-hydrogen) atoms. The molecular formula is C25H32O4. The van der Waals surface area contributed by atoms with Crippen molar-refractivity contribution in [3.05, 3.63) is 35.5 Å². The van der Waals surface area contributed by atoms with E-state index in [1.165, 1.54) is 6.92 Å². The number of carbonyl (C=O) groups excluding carboxylic acids is 3. The van der Waals surface area contributed by atoms with Crippen LogP contribution in [-0.4, -0.2) is 23.1 Å². The van der Waals surface area contributed by atoms with Crippen molar-refractivity contribution in [3.8, 4) is 0 Å². The number of ether oxygens (including phenoxy) is 1. The van der Waals surface area contributed by atoms with Crippen molar-refractivity contribution in [1.82, 2.24) is 0 Å². The molecule has 0 aliphatic heterocycles. The molecule has 4 rings (SSSR count). The first kappa shape index (κ1) is 16.8. The minimum Gasteiger partial charge on any atom is -0.446 e. The molecule has 0 saturated heterocycles. The maximum absolute atomic E-state index is 13.1. The van der Waals surface area contributed by atoms with Crippen molar-refractivity contribution in [3.63, 3.8) is 0 Å². The second-order valence-corrected chi connectivity index (χ2v) is 9.97. The lowest BCUT2D eigenvalue weighted by Crippen LogP contribution is -2.58. The zero-order valence-electron chi connectivity index (χ0n) is 20.8. The molecule has 0 aromatic rings. The van der Waals surface area contributed by atoms with E-state index in [0.29, 0.717) is 30.8 Å². The van der Waals surface area contributed by atoms with Gasteiger partial charge in [-0.2, -0.15) is 0 Å². The van der Waals surface area contributed by atoms with E-state index in [9.17, 15) is 14.4 Å². The van der Waals surface area contributed by atoms with Crippen LogP contribution in [0.3, 0.4) is 0 Å². The number of esters is 1. The molecule has 0 aromatic heterocycles. The van der Waals surface area contributed by atoms with Crippen LogP contribution in [0.5, 0.6) is 0 Å². The van der Waals surface area contributed by atoms with Gasteiger partial charge in [-0.25, -0.2) is 0 Å². The molecule has 4 heteroatoms. The quantitative estimate of drug-likeness (QED) is 0.497. The molecule has 6 atom stereocenters. The molecule has 0 spiro atoms. The van der Waals surface area contributed by atoms with Gasteiger partial charge < -0.3 is 4.74 Å². The molecule has 4 aliphatic rings. The maximum Gasteiger partial charge on any atom is 0.303 e. The van der Waals surface area contributed by atoms with E-state index in [1.807, 2.05) is 19.9 Å². The van der Waals surface area contributed by atoms with Gasteiger partial charge in [-0.3, -0.25) is 14.4 Å². The van der Waals surface area contributed by atoms with Gasteiger partial charge >= 0.3 is 5.97 Å². The Hall–Kier alpha value is -1.97. The highest BCUT2D eigenvalue weighted by Gasteiger charge is 2.69. The van der Waals surface area contributed by atoms with Crippen LogP contribution in [0.25, 0.3) is 0 Å². The summed E-state index contributed by atoms with van der Waals surface area (Å²) in [6.45, 7) is 8.81. The summed E-state index contributed by atoms with van der Waals surface area (Å²) < 4.78 is 28.1. The van der Waals surface area contributed by atoms with E-state index in [1.54, 1.807) is 0 Å². The molecule has 156 valence electrons. The minimum atomic E-state index is -2.95. The lowest BCUT2D eigenvalue weighted by molar-refractivity contribution is -0.179. The summed E-state index contributed by atoms with van der Waals surface area (Å²) in [6, 6.07) is 0. The smallest absolute Gasteiger partial charge is 0.303 e. The van der Waals surface area contributed by atoms with Gasteiger partial charge in [-0.05, 0) is 79.9 Å². The Bertz CT molecular complexity index is 990. The van der Waals surface area contributed by atoms with Crippen molar-refractivity contribution in [2.75, 3.05) is 0 Å². The fourth-order valence-corrected chi connectivity index (χ4v) is 7.42. The molecule has 2 saturated carbocycles. The number of ketones is 2. The second-order valence-electron chi connectivity index (χ2n) is 9.97. The standard InChI is InChI=1S/C25H32O4/c1-14-11-19-20(23(5)9-7-18(28)13-21(14)23)8-10-24(6)22(19)12-15(2)25(24,16(3)26)29-17(4)27/h11,13,19-20,22H,2,7-10,12H2,1,3-6H3/t19?,20?,22?,23?,24?,25-/m0/s1/i4D3. The van der Waals surface area contributed by atoms with Gasteiger partial charge in [0, 0.05) is 22.8 Å².